The van der Waals surface area contributed by atoms with Crippen LogP contribution in [0.15, 0.2) is 11.2 Å². The number of ether oxygens (including phenoxy) is 1. The van der Waals surface area contributed by atoms with Crippen molar-refractivity contribution in [2.24, 2.45) is 0 Å². The summed E-state index contributed by atoms with van der Waals surface area (Å²) in [6, 6.07) is 1.31. The fourth-order valence-electron chi connectivity index (χ4n) is 2.90. The Morgan fingerprint density at radius 3 is 2.40 bits per heavy atom. The second-order valence-corrected chi connectivity index (χ2v) is 9.47. The Morgan fingerprint density at radius 1 is 1.24 bits per heavy atom. The summed E-state index contributed by atoms with van der Waals surface area (Å²) in [7, 11) is -3.69. The lowest BCUT2D eigenvalue weighted by molar-refractivity contribution is 0.0124. The number of carbonyl (C=O) groups is 1. The number of rotatable bonds is 3. The summed E-state index contributed by atoms with van der Waals surface area (Å²) >= 11 is 0. The van der Waals surface area contributed by atoms with Gasteiger partial charge in [0.05, 0.1) is 5.75 Å². The van der Waals surface area contributed by atoms with Gasteiger partial charge in [-0.1, -0.05) is 0 Å². The summed E-state index contributed by atoms with van der Waals surface area (Å²) in [4.78, 5) is 22.1. The quantitative estimate of drug-likeness (QED) is 0.761. The van der Waals surface area contributed by atoms with Crippen molar-refractivity contribution in [3.8, 4) is 0 Å². The Hall–Kier alpha value is -1.70. The molecule has 140 valence electrons. The highest BCUT2D eigenvalue weighted by molar-refractivity contribution is 7.91. The molecule has 1 fully saturated rings. The van der Waals surface area contributed by atoms with E-state index in [1.807, 2.05) is 0 Å². The van der Waals surface area contributed by atoms with Gasteiger partial charge in [-0.15, -0.1) is 0 Å². The Bertz CT molecular complexity index is 721. The molecule has 8 heteroatoms. The van der Waals surface area contributed by atoms with Crippen LogP contribution in [0.1, 0.15) is 51.4 Å². The fourth-order valence-corrected chi connectivity index (χ4v) is 4.46. The van der Waals surface area contributed by atoms with Gasteiger partial charge in [0, 0.05) is 24.0 Å². The van der Waals surface area contributed by atoms with Crippen LogP contribution in [0.2, 0.25) is 0 Å². The summed E-state index contributed by atoms with van der Waals surface area (Å²) < 4.78 is 30.9. The number of carbonyl (C=O) groups excluding carboxylic acids is 1. The molecule has 0 saturated carbocycles. The lowest BCUT2D eigenvalue weighted by Crippen LogP contribution is -2.49. The molecule has 2 heterocycles. The summed E-state index contributed by atoms with van der Waals surface area (Å²) in [6.45, 7) is 9.36. The van der Waals surface area contributed by atoms with E-state index >= 15 is 0 Å². The average molecular weight is 369 g/mol. The number of amides is 1. The molecule has 1 aliphatic heterocycles. The number of piperidine rings is 1. The van der Waals surface area contributed by atoms with Crippen molar-refractivity contribution in [1.82, 2.24) is 14.9 Å². The molecule has 1 aromatic heterocycles. The highest BCUT2D eigenvalue weighted by atomic mass is 32.2. The molecule has 1 unspecified atom stereocenters. The molecular weight excluding hydrogens is 342 g/mol. The molecule has 1 saturated heterocycles. The Kier molecular flexibility index (Phi) is 5.71. The molecule has 0 aromatic carbocycles. The molecule has 0 spiro atoms. The van der Waals surface area contributed by atoms with Crippen molar-refractivity contribution in [2.45, 2.75) is 70.7 Å². The topological polar surface area (TPSA) is 89.5 Å². The SMILES string of the molecule is Cc1cc(C)nc(S(=O)(=O)CC2CCCCN2C(=O)OC(C)(C)C)n1. The standard InChI is InChI=1S/C17H27N3O4S/c1-12-10-13(2)19-15(18-12)25(22,23)11-14-8-6-7-9-20(14)16(21)24-17(3,4)5/h10,14H,6-9,11H2,1-5H3. The third kappa shape index (κ3) is 5.39. The third-order valence-corrected chi connectivity index (χ3v) is 5.47. The summed E-state index contributed by atoms with van der Waals surface area (Å²) in [5.41, 5.74) is 0.603. The van der Waals surface area contributed by atoms with Gasteiger partial charge in [0.2, 0.25) is 15.0 Å². The predicted molar refractivity (Wildman–Crippen MR) is 94.1 cm³/mol. The monoisotopic (exact) mass is 369 g/mol. The van der Waals surface area contributed by atoms with E-state index in [2.05, 4.69) is 9.97 Å². The Balaban J connectivity index is 2.21. The van der Waals surface area contributed by atoms with Gasteiger partial charge in [0.15, 0.2) is 0 Å². The summed E-state index contributed by atoms with van der Waals surface area (Å²) in [6.07, 6.45) is 1.89. The molecule has 1 atom stereocenters. The molecule has 0 N–H and O–H groups in total. The van der Waals surface area contributed by atoms with Crippen LogP contribution in [0, 0.1) is 13.8 Å². The number of nitrogens with zero attached hydrogens (tertiary/aromatic N) is 3. The van der Waals surface area contributed by atoms with E-state index in [-0.39, 0.29) is 10.9 Å². The number of aryl methyl sites for hydroxylation is 2. The second-order valence-electron chi connectivity index (χ2n) is 7.54. The molecule has 1 amide bonds. The van der Waals surface area contributed by atoms with E-state index in [0.717, 1.165) is 12.8 Å². The van der Waals surface area contributed by atoms with Crippen molar-refractivity contribution >= 4 is 15.9 Å². The molecule has 0 aliphatic carbocycles. The van der Waals surface area contributed by atoms with Crippen LogP contribution in [-0.4, -0.2) is 53.3 Å². The fraction of sp³-hybridized carbons (Fsp3) is 0.706. The number of likely N-dealkylation sites (tertiary alicyclic amines) is 1. The lowest BCUT2D eigenvalue weighted by Gasteiger charge is -2.36. The highest BCUT2D eigenvalue weighted by Crippen LogP contribution is 2.23. The maximum atomic E-state index is 12.8. The van der Waals surface area contributed by atoms with Crippen LogP contribution in [0.3, 0.4) is 0 Å². The lowest BCUT2D eigenvalue weighted by atomic mass is 10.0. The first-order valence-corrected chi connectivity index (χ1v) is 10.2. The summed E-state index contributed by atoms with van der Waals surface area (Å²) in [5, 5.41) is -0.167. The van der Waals surface area contributed by atoms with E-state index in [9.17, 15) is 13.2 Å². The predicted octanol–water partition coefficient (Wildman–Crippen LogP) is 2.66. The van der Waals surface area contributed by atoms with Gasteiger partial charge in [0.25, 0.3) is 0 Å². The van der Waals surface area contributed by atoms with Crippen molar-refractivity contribution in [1.29, 1.82) is 0 Å². The molecule has 25 heavy (non-hydrogen) atoms. The normalized spacial score (nSPS) is 18.9. The number of hydrogen-bond donors (Lipinski definition) is 0. The van der Waals surface area contributed by atoms with Crippen LogP contribution in [-0.2, 0) is 14.6 Å². The van der Waals surface area contributed by atoms with E-state index < -0.39 is 27.6 Å². The van der Waals surface area contributed by atoms with Crippen LogP contribution in [0.25, 0.3) is 0 Å². The van der Waals surface area contributed by atoms with E-state index in [0.29, 0.717) is 24.4 Å². The smallest absolute Gasteiger partial charge is 0.410 e. The number of hydrogen-bond acceptors (Lipinski definition) is 6. The molecule has 2 rings (SSSR count). The molecule has 0 radical (unpaired) electrons. The Morgan fingerprint density at radius 2 is 1.84 bits per heavy atom. The first-order valence-electron chi connectivity index (χ1n) is 8.52. The van der Waals surface area contributed by atoms with Crippen LogP contribution < -0.4 is 0 Å². The van der Waals surface area contributed by atoms with Gasteiger partial charge in [-0.3, -0.25) is 0 Å². The molecule has 1 aliphatic rings. The minimum atomic E-state index is -3.69. The third-order valence-electron chi connectivity index (χ3n) is 3.91. The van der Waals surface area contributed by atoms with E-state index in [1.54, 1.807) is 40.7 Å². The largest absolute Gasteiger partial charge is 0.444 e. The molecule has 0 bridgehead atoms. The van der Waals surface area contributed by atoms with Gasteiger partial charge >= 0.3 is 6.09 Å². The molecule has 1 aromatic rings. The number of sulfone groups is 1. The maximum Gasteiger partial charge on any atom is 0.410 e. The van der Waals surface area contributed by atoms with E-state index in [1.165, 1.54) is 4.90 Å². The van der Waals surface area contributed by atoms with E-state index in [4.69, 9.17) is 4.74 Å². The average Bonchev–Trinajstić information content (AvgIpc) is 2.44. The van der Waals surface area contributed by atoms with Crippen molar-refractivity contribution in [3.63, 3.8) is 0 Å². The highest BCUT2D eigenvalue weighted by Gasteiger charge is 2.34. The first-order chi connectivity index (χ1) is 11.5. The zero-order valence-electron chi connectivity index (χ0n) is 15.6. The second kappa shape index (κ2) is 7.27. The van der Waals surface area contributed by atoms with Gasteiger partial charge < -0.3 is 9.64 Å². The van der Waals surface area contributed by atoms with Crippen molar-refractivity contribution < 1.29 is 17.9 Å². The van der Waals surface area contributed by atoms with Crippen molar-refractivity contribution in [3.05, 3.63) is 17.5 Å². The molecular formula is C17H27N3O4S. The Labute approximate surface area is 149 Å². The number of aromatic nitrogens is 2. The van der Waals surface area contributed by atoms with Gasteiger partial charge in [-0.2, -0.15) is 0 Å². The minimum absolute atomic E-state index is 0.167. The zero-order chi connectivity index (χ0) is 18.8. The summed E-state index contributed by atoms with van der Waals surface area (Å²) in [5.74, 6) is -0.185. The van der Waals surface area contributed by atoms with Gasteiger partial charge in [0.1, 0.15) is 5.60 Å². The van der Waals surface area contributed by atoms with Gasteiger partial charge in [-0.05, 0) is 59.9 Å². The first kappa shape index (κ1) is 19.6. The zero-order valence-corrected chi connectivity index (χ0v) is 16.4. The van der Waals surface area contributed by atoms with Crippen LogP contribution in [0.5, 0.6) is 0 Å². The van der Waals surface area contributed by atoms with Crippen LogP contribution >= 0.6 is 0 Å². The van der Waals surface area contributed by atoms with Crippen molar-refractivity contribution in [2.75, 3.05) is 12.3 Å². The molecule has 7 nitrogen and oxygen atoms in total. The minimum Gasteiger partial charge on any atom is -0.444 e. The van der Waals surface area contributed by atoms with Crippen LogP contribution in [0.4, 0.5) is 4.79 Å². The maximum absolute atomic E-state index is 12.8. The van der Waals surface area contributed by atoms with Gasteiger partial charge in [-0.25, -0.2) is 23.2 Å².